The molecule has 0 aromatic heterocycles. The fourth-order valence-corrected chi connectivity index (χ4v) is 3.28. The number of hydrogen-bond acceptors (Lipinski definition) is 6. The number of Topliss-reactive ketones (excluding diaryl/α,β-unsaturated/α-hetero) is 1. The number of carbonyl (C=O) groups excluding carboxylic acids is 2. The first-order valence-corrected chi connectivity index (χ1v) is 9.02. The van der Waals surface area contributed by atoms with E-state index in [1.807, 2.05) is 0 Å². The second kappa shape index (κ2) is 9.42. The van der Waals surface area contributed by atoms with Gasteiger partial charge < -0.3 is 27.1 Å². The SMILES string of the molecule is N=C(N)c1ccc(C(c2c(F)c(F)c(F)c(F)c2F)C(N)(C(=O)O)C(=O)C(N)CC=O)cc1. The predicted octanol–water partition coefficient (Wildman–Crippen LogP) is 1.07. The number of nitrogens with two attached hydrogens (primary N) is 3. The van der Waals surface area contributed by atoms with E-state index in [1.165, 1.54) is 0 Å². The molecule has 0 bridgehead atoms. The van der Waals surface area contributed by atoms with E-state index in [4.69, 9.17) is 22.6 Å². The van der Waals surface area contributed by atoms with Crippen LogP contribution in [0.25, 0.3) is 0 Å². The zero-order valence-electron chi connectivity index (χ0n) is 16.5. The quantitative estimate of drug-likeness (QED) is 0.0690. The summed E-state index contributed by atoms with van der Waals surface area (Å²) >= 11 is 0. The Morgan fingerprint density at radius 1 is 1.00 bits per heavy atom. The zero-order chi connectivity index (χ0) is 25.2. The molecule has 8 N–H and O–H groups in total. The topological polar surface area (TPSA) is 173 Å². The minimum Gasteiger partial charge on any atom is -0.480 e. The van der Waals surface area contributed by atoms with Gasteiger partial charge in [-0.15, -0.1) is 0 Å². The third-order valence-electron chi connectivity index (χ3n) is 4.99. The highest BCUT2D eigenvalue weighted by Gasteiger charge is 2.54. The van der Waals surface area contributed by atoms with Gasteiger partial charge in [0.15, 0.2) is 34.6 Å². The Hall–Kier alpha value is -3.71. The average Bonchev–Trinajstić information content (AvgIpc) is 2.78. The molecule has 3 atom stereocenters. The molecule has 33 heavy (non-hydrogen) atoms. The number of aliphatic carboxylic acids is 1. The summed E-state index contributed by atoms with van der Waals surface area (Å²) in [6.07, 6.45) is -0.585. The van der Waals surface area contributed by atoms with Crippen molar-refractivity contribution in [3.8, 4) is 0 Å². The number of aldehydes is 1. The number of carboxylic acid groups (broad SMARTS) is 1. The summed E-state index contributed by atoms with van der Waals surface area (Å²) in [6.45, 7) is 0. The van der Waals surface area contributed by atoms with E-state index >= 15 is 0 Å². The van der Waals surface area contributed by atoms with Crippen LogP contribution in [0.1, 0.15) is 29.0 Å². The van der Waals surface area contributed by atoms with Gasteiger partial charge in [0.1, 0.15) is 12.1 Å². The number of ketones is 1. The van der Waals surface area contributed by atoms with Gasteiger partial charge in [-0.2, -0.15) is 0 Å². The highest BCUT2D eigenvalue weighted by atomic mass is 19.2. The van der Waals surface area contributed by atoms with E-state index in [0.717, 1.165) is 24.3 Å². The van der Waals surface area contributed by atoms with E-state index < -0.39 is 81.7 Å². The predicted molar refractivity (Wildman–Crippen MR) is 104 cm³/mol. The molecule has 0 saturated carbocycles. The minimum absolute atomic E-state index is 0.0526. The Labute approximate surface area is 182 Å². The summed E-state index contributed by atoms with van der Waals surface area (Å²) in [5.74, 6) is -18.9. The Morgan fingerprint density at radius 3 is 1.85 bits per heavy atom. The van der Waals surface area contributed by atoms with Crippen molar-refractivity contribution in [3.05, 3.63) is 70.0 Å². The van der Waals surface area contributed by atoms with E-state index in [0.29, 0.717) is 0 Å². The lowest BCUT2D eigenvalue weighted by Crippen LogP contribution is -2.64. The fourth-order valence-electron chi connectivity index (χ4n) is 3.28. The van der Waals surface area contributed by atoms with E-state index in [9.17, 15) is 41.4 Å². The van der Waals surface area contributed by atoms with Gasteiger partial charge in [-0.3, -0.25) is 10.2 Å². The van der Waals surface area contributed by atoms with Gasteiger partial charge in [-0.05, 0) is 5.56 Å². The molecule has 2 aromatic rings. The Kier molecular flexibility index (Phi) is 7.29. The van der Waals surface area contributed by atoms with Crippen molar-refractivity contribution < 1.29 is 41.4 Å². The monoisotopic (exact) mass is 472 g/mol. The van der Waals surface area contributed by atoms with Crippen LogP contribution in [0.2, 0.25) is 0 Å². The molecule has 176 valence electrons. The first-order valence-electron chi connectivity index (χ1n) is 9.02. The molecule has 0 aliphatic heterocycles. The van der Waals surface area contributed by atoms with Crippen molar-refractivity contribution in [2.45, 2.75) is 23.9 Å². The number of halogens is 5. The molecule has 0 heterocycles. The molecule has 0 aliphatic carbocycles. The lowest BCUT2D eigenvalue weighted by atomic mass is 9.70. The van der Waals surface area contributed by atoms with Crippen molar-refractivity contribution in [3.63, 3.8) is 0 Å². The van der Waals surface area contributed by atoms with Crippen molar-refractivity contribution in [2.75, 3.05) is 0 Å². The zero-order valence-corrected chi connectivity index (χ0v) is 16.5. The summed E-state index contributed by atoms with van der Waals surface area (Å²) in [5.41, 5.74) is 11.1. The molecule has 8 nitrogen and oxygen atoms in total. The van der Waals surface area contributed by atoms with Crippen LogP contribution in [0.3, 0.4) is 0 Å². The number of amidine groups is 1. The van der Waals surface area contributed by atoms with Gasteiger partial charge in [0.2, 0.25) is 5.82 Å². The van der Waals surface area contributed by atoms with Gasteiger partial charge in [0, 0.05) is 17.5 Å². The van der Waals surface area contributed by atoms with E-state index in [-0.39, 0.29) is 11.8 Å². The molecule has 0 fully saturated rings. The maximum Gasteiger partial charge on any atom is 0.332 e. The van der Waals surface area contributed by atoms with Crippen LogP contribution >= 0.6 is 0 Å². The van der Waals surface area contributed by atoms with E-state index in [1.54, 1.807) is 0 Å². The number of nitrogen functional groups attached to an aromatic ring is 1. The summed E-state index contributed by atoms with van der Waals surface area (Å²) in [5, 5.41) is 17.2. The first kappa shape index (κ1) is 25.5. The number of nitrogens with one attached hydrogen (secondary N) is 1. The Morgan fingerprint density at radius 2 is 1.45 bits per heavy atom. The van der Waals surface area contributed by atoms with Crippen molar-refractivity contribution >= 4 is 23.9 Å². The molecular weight excluding hydrogens is 455 g/mol. The molecule has 2 rings (SSSR count). The maximum atomic E-state index is 14.7. The number of carbonyl (C=O) groups is 3. The van der Waals surface area contributed by atoms with Gasteiger partial charge in [0.05, 0.1) is 12.0 Å². The second-order valence-electron chi connectivity index (χ2n) is 7.00. The third kappa shape index (κ3) is 4.32. The number of rotatable bonds is 9. The Balaban J connectivity index is 2.98. The van der Waals surface area contributed by atoms with Gasteiger partial charge in [-0.1, -0.05) is 24.3 Å². The molecular formula is C20H17F5N4O4. The van der Waals surface area contributed by atoms with Crippen molar-refractivity contribution in [2.24, 2.45) is 17.2 Å². The average molecular weight is 472 g/mol. The number of carboxylic acids is 1. The smallest absolute Gasteiger partial charge is 0.332 e. The standard InChI is InChI=1S/C20H17F5N4O4/c21-12-10(13(22)15(24)16(25)14(12)23)11(7-1-3-8(4-2-7)18(27)28)20(29,19(32)33)17(31)9(26)5-6-30/h1-4,6,9,11H,5,26,29H2,(H3,27,28)(H,32,33). The minimum atomic E-state index is -3.38. The largest absolute Gasteiger partial charge is 0.480 e. The second-order valence-corrected chi connectivity index (χ2v) is 7.00. The van der Waals surface area contributed by atoms with Crippen LogP contribution in [0.15, 0.2) is 24.3 Å². The highest BCUT2D eigenvalue weighted by molar-refractivity contribution is 6.12. The summed E-state index contributed by atoms with van der Waals surface area (Å²) in [4.78, 5) is 35.8. The lowest BCUT2D eigenvalue weighted by Gasteiger charge is -2.35. The summed E-state index contributed by atoms with van der Waals surface area (Å²) in [6, 6.07) is 2.18. The van der Waals surface area contributed by atoms with Gasteiger partial charge >= 0.3 is 5.97 Å². The number of hydrogen-bond donors (Lipinski definition) is 5. The van der Waals surface area contributed by atoms with Crippen LogP contribution in [0, 0.1) is 34.5 Å². The van der Waals surface area contributed by atoms with Crippen LogP contribution in [0.5, 0.6) is 0 Å². The summed E-state index contributed by atoms with van der Waals surface area (Å²) < 4.78 is 71.0. The van der Waals surface area contributed by atoms with Crippen LogP contribution in [-0.4, -0.2) is 40.6 Å². The molecule has 0 saturated heterocycles. The van der Waals surface area contributed by atoms with Crippen molar-refractivity contribution in [1.82, 2.24) is 0 Å². The maximum absolute atomic E-state index is 14.7. The lowest BCUT2D eigenvalue weighted by molar-refractivity contribution is -0.149. The summed E-state index contributed by atoms with van der Waals surface area (Å²) in [7, 11) is 0. The molecule has 3 unspecified atom stereocenters. The molecule has 0 aliphatic rings. The number of benzene rings is 2. The van der Waals surface area contributed by atoms with Gasteiger partial charge in [-0.25, -0.2) is 26.7 Å². The Bertz CT molecular complexity index is 1110. The molecule has 0 spiro atoms. The fraction of sp³-hybridized carbons (Fsp3) is 0.200. The van der Waals surface area contributed by atoms with E-state index in [2.05, 4.69) is 0 Å². The molecule has 13 heteroatoms. The third-order valence-corrected chi connectivity index (χ3v) is 4.99. The van der Waals surface area contributed by atoms with Crippen LogP contribution < -0.4 is 17.2 Å². The van der Waals surface area contributed by atoms with Crippen molar-refractivity contribution in [1.29, 1.82) is 5.41 Å². The van der Waals surface area contributed by atoms with Crippen LogP contribution in [0.4, 0.5) is 22.0 Å². The highest BCUT2D eigenvalue weighted by Crippen LogP contribution is 2.40. The molecule has 0 radical (unpaired) electrons. The normalized spacial score (nSPS) is 14.8. The van der Waals surface area contributed by atoms with Crippen LogP contribution in [-0.2, 0) is 14.4 Å². The molecule has 2 aromatic carbocycles. The molecule has 0 amide bonds. The van der Waals surface area contributed by atoms with Gasteiger partial charge in [0.25, 0.3) is 0 Å². The first-order chi connectivity index (χ1) is 15.3.